The SMILES string of the molecule is Cc1nc2c(OCc3c(F)cccc3F)cccn2c1C(=O)NCC(N)C(F)(F)C(C)F. The predicted octanol–water partition coefficient (Wildman–Crippen LogP) is 3.55. The van der Waals surface area contributed by atoms with Gasteiger partial charge in [0.15, 0.2) is 17.6 Å². The second-order valence-electron chi connectivity index (χ2n) is 7.21. The lowest BCUT2D eigenvalue weighted by atomic mass is 10.1. The van der Waals surface area contributed by atoms with Gasteiger partial charge < -0.3 is 15.8 Å². The largest absolute Gasteiger partial charge is 0.485 e. The molecule has 0 bridgehead atoms. The molecule has 0 fully saturated rings. The Morgan fingerprint density at radius 1 is 1.25 bits per heavy atom. The van der Waals surface area contributed by atoms with Gasteiger partial charge in [0.1, 0.15) is 23.9 Å². The van der Waals surface area contributed by atoms with Crippen LogP contribution in [0.2, 0.25) is 0 Å². The highest BCUT2D eigenvalue weighted by Gasteiger charge is 2.43. The number of hydrogen-bond donors (Lipinski definition) is 2. The van der Waals surface area contributed by atoms with Crippen molar-refractivity contribution >= 4 is 11.6 Å². The number of amides is 1. The van der Waals surface area contributed by atoms with Gasteiger partial charge in [-0.15, -0.1) is 0 Å². The van der Waals surface area contributed by atoms with Gasteiger partial charge in [0, 0.05) is 12.7 Å². The Hall–Kier alpha value is -3.21. The third-order valence-corrected chi connectivity index (χ3v) is 4.94. The zero-order valence-corrected chi connectivity index (χ0v) is 17.2. The zero-order valence-electron chi connectivity index (χ0n) is 17.2. The molecule has 3 N–H and O–H groups in total. The minimum absolute atomic E-state index is 0.0198. The number of fused-ring (bicyclic) bond motifs is 1. The fourth-order valence-corrected chi connectivity index (χ4v) is 3.08. The van der Waals surface area contributed by atoms with E-state index in [9.17, 15) is 26.7 Å². The number of hydrogen-bond acceptors (Lipinski definition) is 4. The molecule has 2 aromatic heterocycles. The van der Waals surface area contributed by atoms with Crippen LogP contribution in [-0.4, -0.2) is 40.0 Å². The fraction of sp³-hybridized carbons (Fsp3) is 0.333. The number of nitrogens with zero attached hydrogens (tertiary/aromatic N) is 2. The van der Waals surface area contributed by atoms with Gasteiger partial charge in [-0.2, -0.15) is 0 Å². The van der Waals surface area contributed by atoms with Crippen LogP contribution in [-0.2, 0) is 6.61 Å². The highest BCUT2D eigenvalue weighted by atomic mass is 19.3. The van der Waals surface area contributed by atoms with E-state index in [1.54, 1.807) is 0 Å². The third kappa shape index (κ3) is 4.52. The molecule has 3 rings (SSSR count). The molecule has 1 amide bonds. The zero-order chi connectivity index (χ0) is 23.6. The average Bonchev–Trinajstić information content (AvgIpc) is 3.07. The van der Waals surface area contributed by atoms with E-state index in [0.29, 0.717) is 6.92 Å². The molecule has 2 unspecified atom stereocenters. The molecule has 0 aliphatic heterocycles. The first kappa shape index (κ1) is 23.5. The van der Waals surface area contributed by atoms with Crippen LogP contribution in [0.15, 0.2) is 36.5 Å². The molecule has 0 radical (unpaired) electrons. The molecule has 32 heavy (non-hydrogen) atoms. The Morgan fingerprint density at radius 2 is 1.91 bits per heavy atom. The van der Waals surface area contributed by atoms with E-state index in [2.05, 4.69) is 10.3 Å². The number of alkyl halides is 3. The molecule has 0 spiro atoms. The molecule has 0 aliphatic carbocycles. The maximum absolute atomic E-state index is 13.8. The molecular weight excluding hydrogens is 435 g/mol. The number of pyridine rings is 1. The first-order valence-corrected chi connectivity index (χ1v) is 9.63. The van der Waals surface area contributed by atoms with E-state index in [4.69, 9.17) is 10.5 Å². The molecule has 0 saturated heterocycles. The van der Waals surface area contributed by atoms with Crippen LogP contribution in [0.1, 0.15) is 28.7 Å². The molecule has 1 aromatic carbocycles. The van der Waals surface area contributed by atoms with Crippen molar-refractivity contribution in [3.05, 3.63) is 65.1 Å². The Bertz CT molecular complexity index is 1110. The second kappa shape index (κ2) is 9.11. The van der Waals surface area contributed by atoms with Crippen LogP contribution in [0.5, 0.6) is 5.75 Å². The quantitative estimate of drug-likeness (QED) is 0.508. The van der Waals surface area contributed by atoms with Crippen molar-refractivity contribution in [1.29, 1.82) is 0 Å². The Kier molecular flexibility index (Phi) is 6.68. The van der Waals surface area contributed by atoms with Crippen molar-refractivity contribution in [3.63, 3.8) is 0 Å². The van der Waals surface area contributed by atoms with E-state index in [1.807, 2.05) is 0 Å². The number of nitrogens with one attached hydrogen (secondary N) is 1. The second-order valence-corrected chi connectivity index (χ2v) is 7.21. The van der Waals surface area contributed by atoms with Gasteiger partial charge in [0.05, 0.1) is 17.3 Å². The van der Waals surface area contributed by atoms with Crippen LogP contribution in [0.25, 0.3) is 5.65 Å². The number of aromatic nitrogens is 2. The Balaban J connectivity index is 1.81. The Labute approximate surface area is 180 Å². The lowest BCUT2D eigenvalue weighted by Crippen LogP contribution is -2.53. The molecule has 2 heterocycles. The van der Waals surface area contributed by atoms with Crippen LogP contribution < -0.4 is 15.8 Å². The molecule has 6 nitrogen and oxygen atoms in total. The maximum Gasteiger partial charge on any atom is 0.294 e. The van der Waals surface area contributed by atoms with Crippen molar-refractivity contribution in [1.82, 2.24) is 14.7 Å². The first-order valence-electron chi connectivity index (χ1n) is 9.63. The summed E-state index contributed by atoms with van der Waals surface area (Å²) in [7, 11) is 0. The summed E-state index contributed by atoms with van der Waals surface area (Å²) < 4.78 is 75.0. The number of aryl methyl sites for hydroxylation is 1. The minimum atomic E-state index is -3.81. The molecule has 2 atom stereocenters. The smallest absolute Gasteiger partial charge is 0.294 e. The first-order chi connectivity index (χ1) is 15.0. The number of nitrogens with two attached hydrogens (primary N) is 1. The normalized spacial score (nSPS) is 13.8. The molecule has 11 heteroatoms. The summed E-state index contributed by atoms with van der Waals surface area (Å²) in [5, 5.41) is 2.26. The van der Waals surface area contributed by atoms with Gasteiger partial charge in [-0.05, 0) is 38.1 Å². The average molecular weight is 456 g/mol. The van der Waals surface area contributed by atoms with Crippen LogP contribution >= 0.6 is 0 Å². The maximum atomic E-state index is 13.8. The third-order valence-electron chi connectivity index (χ3n) is 4.94. The van der Waals surface area contributed by atoms with E-state index in [-0.39, 0.29) is 28.3 Å². The number of carbonyl (C=O) groups excluding carboxylic acids is 1. The lowest BCUT2D eigenvalue weighted by molar-refractivity contribution is -0.0836. The number of carbonyl (C=O) groups is 1. The summed E-state index contributed by atoms with van der Waals surface area (Å²) in [6.45, 7) is 1.11. The van der Waals surface area contributed by atoms with Crippen LogP contribution in [0.3, 0.4) is 0 Å². The predicted molar refractivity (Wildman–Crippen MR) is 106 cm³/mol. The molecule has 0 saturated carbocycles. The van der Waals surface area contributed by atoms with Gasteiger partial charge in [-0.25, -0.2) is 26.9 Å². The molecule has 172 valence electrons. The highest BCUT2D eigenvalue weighted by molar-refractivity contribution is 5.95. The standard InChI is InChI=1S/C21H21F5N4O2/c1-11-18(20(31)28-9-17(27)21(25,26)12(2)22)30-8-4-7-16(19(30)29-11)32-10-13-14(23)5-3-6-15(13)24/h3-8,12,17H,9-10,27H2,1-2H3,(H,28,31). The van der Waals surface area contributed by atoms with Crippen molar-refractivity contribution in [2.24, 2.45) is 5.73 Å². The van der Waals surface area contributed by atoms with Gasteiger partial charge in [-0.3, -0.25) is 9.20 Å². The Morgan fingerprint density at radius 3 is 2.53 bits per heavy atom. The lowest BCUT2D eigenvalue weighted by Gasteiger charge is -2.24. The topological polar surface area (TPSA) is 81.7 Å². The number of ether oxygens (including phenoxy) is 1. The van der Waals surface area contributed by atoms with Crippen molar-refractivity contribution < 1.29 is 31.5 Å². The molecule has 3 aromatic rings. The summed E-state index contributed by atoms with van der Waals surface area (Å²) in [5.41, 5.74) is 5.51. The van der Waals surface area contributed by atoms with Crippen molar-refractivity contribution in [2.45, 2.75) is 38.6 Å². The van der Waals surface area contributed by atoms with Crippen molar-refractivity contribution in [2.75, 3.05) is 6.54 Å². The van der Waals surface area contributed by atoms with E-state index in [0.717, 1.165) is 12.1 Å². The van der Waals surface area contributed by atoms with Gasteiger partial charge in [0.2, 0.25) is 0 Å². The number of halogens is 5. The molecular formula is C21H21F5N4O2. The van der Waals surface area contributed by atoms with E-state index >= 15 is 0 Å². The summed E-state index contributed by atoms with van der Waals surface area (Å²) >= 11 is 0. The van der Waals surface area contributed by atoms with Crippen LogP contribution in [0, 0.1) is 18.6 Å². The van der Waals surface area contributed by atoms with Crippen LogP contribution in [0.4, 0.5) is 22.0 Å². The summed E-state index contributed by atoms with van der Waals surface area (Å²) in [6.07, 6.45) is -0.996. The van der Waals surface area contributed by atoms with Gasteiger partial charge in [0.25, 0.3) is 11.8 Å². The summed E-state index contributed by atoms with van der Waals surface area (Å²) in [4.78, 5) is 16.9. The van der Waals surface area contributed by atoms with Gasteiger partial charge >= 0.3 is 0 Å². The number of imidazole rings is 1. The fourth-order valence-electron chi connectivity index (χ4n) is 3.08. The van der Waals surface area contributed by atoms with Gasteiger partial charge in [-0.1, -0.05) is 6.07 Å². The summed E-state index contributed by atoms with van der Waals surface area (Å²) in [5.74, 6) is -5.97. The highest BCUT2D eigenvalue weighted by Crippen LogP contribution is 2.26. The monoisotopic (exact) mass is 456 g/mol. The number of rotatable bonds is 8. The summed E-state index contributed by atoms with van der Waals surface area (Å²) in [6, 6.07) is 4.52. The van der Waals surface area contributed by atoms with E-state index < -0.39 is 48.8 Å². The number of benzene rings is 1. The minimum Gasteiger partial charge on any atom is -0.485 e. The van der Waals surface area contributed by atoms with E-state index in [1.165, 1.54) is 35.7 Å². The van der Waals surface area contributed by atoms with Crippen molar-refractivity contribution in [3.8, 4) is 5.75 Å². The molecule has 0 aliphatic rings.